The molecule has 25 heavy (non-hydrogen) atoms. The van der Waals surface area contributed by atoms with Crippen molar-refractivity contribution in [2.75, 3.05) is 11.9 Å². The second-order valence-corrected chi connectivity index (χ2v) is 6.52. The van der Waals surface area contributed by atoms with E-state index in [-0.39, 0.29) is 19.0 Å². The van der Waals surface area contributed by atoms with Gasteiger partial charge in [0.25, 0.3) is 0 Å². The Hall–Kier alpha value is -2.83. The second kappa shape index (κ2) is 8.86. The Morgan fingerprint density at radius 2 is 1.76 bits per heavy atom. The van der Waals surface area contributed by atoms with Gasteiger partial charge in [0.1, 0.15) is 12.1 Å². The smallest absolute Gasteiger partial charge is 0.408 e. The lowest BCUT2D eigenvalue weighted by Gasteiger charge is -2.19. The molecule has 0 aromatic heterocycles. The fourth-order valence-corrected chi connectivity index (χ4v) is 1.78. The van der Waals surface area contributed by atoms with Crippen molar-refractivity contribution in [3.05, 3.63) is 42.0 Å². The Morgan fingerprint density at radius 3 is 2.36 bits per heavy atom. The molecule has 0 radical (unpaired) electrons. The number of para-hydroxylation sites is 1. The molecule has 1 rings (SSSR count). The van der Waals surface area contributed by atoms with E-state index in [9.17, 15) is 14.4 Å². The summed E-state index contributed by atoms with van der Waals surface area (Å²) in [7, 11) is 0. The maximum Gasteiger partial charge on any atom is 0.408 e. The molecule has 1 aromatic rings. The third-order valence-corrected chi connectivity index (χ3v) is 2.91. The Balaban J connectivity index is 2.58. The first-order valence-corrected chi connectivity index (χ1v) is 7.87. The van der Waals surface area contributed by atoms with Crippen LogP contribution in [0, 0.1) is 0 Å². The van der Waals surface area contributed by atoms with E-state index in [1.807, 2.05) is 0 Å². The number of alkyl carbamates (subject to hydrolysis) is 1. The fraction of sp³-hybridized carbons (Fsp3) is 0.389. The van der Waals surface area contributed by atoms with Crippen molar-refractivity contribution in [2.24, 2.45) is 0 Å². The number of rotatable bonds is 6. The average Bonchev–Trinajstić information content (AvgIpc) is 2.50. The lowest BCUT2D eigenvalue weighted by molar-refractivity contribution is -0.117. The highest BCUT2D eigenvalue weighted by Crippen LogP contribution is 2.14. The molecule has 0 bridgehead atoms. The van der Waals surface area contributed by atoms with Crippen molar-refractivity contribution in [3.63, 3.8) is 0 Å². The van der Waals surface area contributed by atoms with E-state index in [1.165, 1.54) is 0 Å². The fourth-order valence-electron chi connectivity index (χ4n) is 1.78. The molecular weight excluding hydrogens is 322 g/mol. The Kier molecular flexibility index (Phi) is 7.17. The standard InChI is InChI=1S/C18H25N3O4/c1-12(2)16(23)19-10-13-8-6-7-9-14(13)21-15(22)11-20-17(24)25-18(3,4)5/h6-9H,1,10-11H2,2-5H3,(H,19,23)(H,20,24)(H,21,22). The third-order valence-electron chi connectivity index (χ3n) is 2.91. The van der Waals surface area contributed by atoms with Crippen molar-refractivity contribution in [2.45, 2.75) is 39.8 Å². The van der Waals surface area contributed by atoms with Gasteiger partial charge in [0.05, 0.1) is 0 Å². The molecule has 0 fully saturated rings. The minimum Gasteiger partial charge on any atom is -0.444 e. The van der Waals surface area contributed by atoms with Crippen LogP contribution in [0.15, 0.2) is 36.4 Å². The van der Waals surface area contributed by atoms with Crippen molar-refractivity contribution < 1.29 is 19.1 Å². The summed E-state index contributed by atoms with van der Waals surface area (Å²) in [5.41, 5.74) is 1.07. The van der Waals surface area contributed by atoms with Crippen LogP contribution in [0.3, 0.4) is 0 Å². The largest absolute Gasteiger partial charge is 0.444 e. The van der Waals surface area contributed by atoms with Gasteiger partial charge in [-0.15, -0.1) is 0 Å². The first-order valence-electron chi connectivity index (χ1n) is 7.87. The first-order chi connectivity index (χ1) is 11.6. The van der Waals surface area contributed by atoms with E-state index in [2.05, 4.69) is 22.5 Å². The van der Waals surface area contributed by atoms with Gasteiger partial charge in [-0.3, -0.25) is 9.59 Å². The number of hydrogen-bond acceptors (Lipinski definition) is 4. The van der Waals surface area contributed by atoms with Gasteiger partial charge >= 0.3 is 6.09 Å². The van der Waals surface area contributed by atoms with E-state index < -0.39 is 17.6 Å². The number of hydrogen-bond donors (Lipinski definition) is 3. The Bertz CT molecular complexity index is 663. The van der Waals surface area contributed by atoms with Crippen LogP contribution in [0.2, 0.25) is 0 Å². The molecule has 0 heterocycles. The summed E-state index contributed by atoms with van der Waals surface area (Å²) in [5.74, 6) is -0.655. The van der Waals surface area contributed by atoms with Crippen molar-refractivity contribution in [1.29, 1.82) is 0 Å². The first kappa shape index (κ1) is 20.2. The highest BCUT2D eigenvalue weighted by atomic mass is 16.6. The van der Waals surface area contributed by atoms with Crippen LogP contribution in [0.1, 0.15) is 33.3 Å². The summed E-state index contributed by atoms with van der Waals surface area (Å²) in [6, 6.07) is 7.07. The van der Waals surface area contributed by atoms with Gasteiger partial charge in [-0.2, -0.15) is 0 Å². The number of ether oxygens (including phenoxy) is 1. The molecule has 7 heteroatoms. The van der Waals surface area contributed by atoms with Crippen LogP contribution in [0.5, 0.6) is 0 Å². The van der Waals surface area contributed by atoms with Crippen LogP contribution in [-0.4, -0.2) is 30.1 Å². The van der Waals surface area contributed by atoms with Crippen molar-refractivity contribution >= 4 is 23.6 Å². The average molecular weight is 347 g/mol. The predicted molar refractivity (Wildman–Crippen MR) is 96.0 cm³/mol. The highest BCUT2D eigenvalue weighted by Gasteiger charge is 2.17. The van der Waals surface area contributed by atoms with Crippen molar-refractivity contribution in [3.8, 4) is 0 Å². The van der Waals surface area contributed by atoms with Gasteiger partial charge in [-0.25, -0.2) is 4.79 Å². The zero-order valence-electron chi connectivity index (χ0n) is 15.1. The molecule has 0 saturated carbocycles. The number of amides is 3. The maximum absolute atomic E-state index is 12.0. The maximum atomic E-state index is 12.0. The topological polar surface area (TPSA) is 96.5 Å². The summed E-state index contributed by atoms with van der Waals surface area (Å²) in [5, 5.41) is 7.80. The number of carbonyl (C=O) groups is 3. The highest BCUT2D eigenvalue weighted by molar-refractivity contribution is 5.95. The normalized spacial score (nSPS) is 10.6. The predicted octanol–water partition coefficient (Wildman–Crippen LogP) is 2.34. The van der Waals surface area contributed by atoms with Gasteiger partial charge in [0, 0.05) is 17.8 Å². The molecule has 0 aliphatic carbocycles. The summed E-state index contributed by atoms with van der Waals surface area (Å²) in [6.07, 6.45) is -0.662. The van der Waals surface area contributed by atoms with Gasteiger partial charge in [0.2, 0.25) is 11.8 Å². The molecule has 0 aliphatic rings. The molecule has 1 aromatic carbocycles. The molecule has 0 unspecified atom stereocenters. The van der Waals surface area contributed by atoms with Crippen LogP contribution >= 0.6 is 0 Å². The SMILES string of the molecule is C=C(C)C(=O)NCc1ccccc1NC(=O)CNC(=O)OC(C)(C)C. The number of carbonyl (C=O) groups excluding carboxylic acids is 3. The molecular formula is C18H25N3O4. The Morgan fingerprint density at radius 1 is 1.12 bits per heavy atom. The van der Waals surface area contributed by atoms with E-state index >= 15 is 0 Å². The third kappa shape index (κ3) is 8.01. The monoisotopic (exact) mass is 347 g/mol. The van der Waals surface area contributed by atoms with Gasteiger partial charge < -0.3 is 20.7 Å². The second-order valence-electron chi connectivity index (χ2n) is 6.52. The number of anilines is 1. The minimum absolute atomic E-state index is 0.221. The van der Waals surface area contributed by atoms with Crippen molar-refractivity contribution in [1.82, 2.24) is 10.6 Å². The molecule has 0 spiro atoms. The number of benzene rings is 1. The zero-order valence-corrected chi connectivity index (χ0v) is 15.1. The van der Waals surface area contributed by atoms with Gasteiger partial charge in [-0.1, -0.05) is 24.8 Å². The number of nitrogens with one attached hydrogen (secondary N) is 3. The summed E-state index contributed by atoms with van der Waals surface area (Å²) >= 11 is 0. The molecule has 3 N–H and O–H groups in total. The zero-order chi connectivity index (χ0) is 19.0. The lowest BCUT2D eigenvalue weighted by atomic mass is 10.1. The molecule has 0 saturated heterocycles. The summed E-state index contributed by atoms with van der Waals surface area (Å²) < 4.78 is 5.06. The van der Waals surface area contributed by atoms with E-state index in [0.29, 0.717) is 11.3 Å². The van der Waals surface area contributed by atoms with Crippen LogP contribution in [0.25, 0.3) is 0 Å². The molecule has 136 valence electrons. The molecule has 0 aliphatic heterocycles. The minimum atomic E-state index is -0.662. The van der Waals surface area contributed by atoms with E-state index in [4.69, 9.17) is 4.74 Å². The summed E-state index contributed by atoms with van der Waals surface area (Å²) in [6.45, 7) is 10.4. The van der Waals surface area contributed by atoms with Gasteiger partial charge in [-0.05, 0) is 39.3 Å². The molecule has 3 amide bonds. The quantitative estimate of drug-likeness (QED) is 0.688. The molecule has 0 atom stereocenters. The van der Waals surface area contributed by atoms with Crippen LogP contribution in [0.4, 0.5) is 10.5 Å². The van der Waals surface area contributed by atoms with Crippen LogP contribution in [-0.2, 0) is 20.9 Å². The summed E-state index contributed by atoms with van der Waals surface area (Å²) in [4.78, 5) is 35.1. The molecule has 7 nitrogen and oxygen atoms in total. The van der Waals surface area contributed by atoms with E-state index in [1.54, 1.807) is 52.0 Å². The van der Waals surface area contributed by atoms with E-state index in [0.717, 1.165) is 5.56 Å². The van der Waals surface area contributed by atoms with Crippen LogP contribution < -0.4 is 16.0 Å². The Labute approximate surface area is 147 Å². The lowest BCUT2D eigenvalue weighted by Crippen LogP contribution is -2.37. The van der Waals surface area contributed by atoms with Gasteiger partial charge in [0.15, 0.2) is 0 Å².